The Balaban J connectivity index is 4.42. The predicted molar refractivity (Wildman–Crippen MR) is 81.7 cm³/mol. The van der Waals surface area contributed by atoms with Crippen molar-refractivity contribution in [1.82, 2.24) is 4.90 Å². The lowest BCUT2D eigenvalue weighted by Gasteiger charge is -2.28. The van der Waals surface area contributed by atoms with Crippen LogP contribution >= 0.6 is 0 Å². The standard InChI is InChI=1S/C16H27NO4/c1-6-8-9-10-12-20-15(18)14(13(3)4)17(5)16(19)21-11-7-2/h2,13-14H,6,8-12H2,1,3-5H3. The van der Waals surface area contributed by atoms with Crippen molar-refractivity contribution < 1.29 is 19.1 Å². The fourth-order valence-electron chi connectivity index (χ4n) is 1.98. The van der Waals surface area contributed by atoms with Crippen LogP contribution in [-0.4, -0.2) is 43.3 Å². The molecule has 0 aliphatic rings. The molecular formula is C16H27NO4. The minimum Gasteiger partial charge on any atom is -0.464 e. The van der Waals surface area contributed by atoms with Gasteiger partial charge in [0.05, 0.1) is 6.61 Å². The minimum atomic E-state index is -0.665. The number of likely N-dealkylation sites (N-methyl/N-ethyl adjacent to an activating group) is 1. The Morgan fingerprint density at radius 1 is 1.19 bits per heavy atom. The van der Waals surface area contributed by atoms with Crippen LogP contribution in [-0.2, 0) is 14.3 Å². The molecule has 0 saturated carbocycles. The first kappa shape index (κ1) is 19.3. The SMILES string of the molecule is C#CCOC(=O)N(C)C(C(=O)OCCCCCC)C(C)C. The highest BCUT2D eigenvalue weighted by molar-refractivity contribution is 5.81. The number of nitrogens with zero attached hydrogens (tertiary/aromatic N) is 1. The molecule has 0 saturated heterocycles. The third kappa shape index (κ3) is 7.60. The molecule has 5 heteroatoms. The molecule has 0 rings (SSSR count). The smallest absolute Gasteiger partial charge is 0.411 e. The molecule has 0 fully saturated rings. The molecule has 21 heavy (non-hydrogen) atoms. The van der Waals surface area contributed by atoms with E-state index in [1.165, 1.54) is 11.9 Å². The van der Waals surface area contributed by atoms with Crippen LogP contribution in [0, 0.1) is 18.3 Å². The zero-order chi connectivity index (χ0) is 16.3. The summed E-state index contributed by atoms with van der Waals surface area (Å²) in [4.78, 5) is 25.1. The maximum atomic E-state index is 12.1. The largest absolute Gasteiger partial charge is 0.464 e. The number of esters is 1. The highest BCUT2D eigenvalue weighted by Crippen LogP contribution is 2.13. The van der Waals surface area contributed by atoms with Crippen LogP contribution in [0.4, 0.5) is 4.79 Å². The number of rotatable bonds is 9. The third-order valence-electron chi connectivity index (χ3n) is 3.10. The second kappa shape index (κ2) is 11.0. The van der Waals surface area contributed by atoms with Crippen molar-refractivity contribution >= 4 is 12.1 Å². The summed E-state index contributed by atoms with van der Waals surface area (Å²) >= 11 is 0. The molecule has 0 aliphatic carbocycles. The molecule has 0 heterocycles. The van der Waals surface area contributed by atoms with Crippen molar-refractivity contribution in [2.75, 3.05) is 20.3 Å². The van der Waals surface area contributed by atoms with Gasteiger partial charge in [0.25, 0.3) is 0 Å². The highest BCUT2D eigenvalue weighted by atomic mass is 16.6. The lowest BCUT2D eigenvalue weighted by molar-refractivity contribution is -0.150. The van der Waals surface area contributed by atoms with E-state index in [0.29, 0.717) is 6.61 Å². The van der Waals surface area contributed by atoms with E-state index < -0.39 is 18.1 Å². The summed E-state index contributed by atoms with van der Waals surface area (Å²) in [5.41, 5.74) is 0. The fraction of sp³-hybridized carbons (Fsp3) is 0.750. The van der Waals surface area contributed by atoms with E-state index >= 15 is 0 Å². The van der Waals surface area contributed by atoms with Crippen LogP contribution in [0.3, 0.4) is 0 Å². The number of carbonyl (C=O) groups excluding carboxylic acids is 2. The van der Waals surface area contributed by atoms with Gasteiger partial charge in [-0.3, -0.25) is 4.90 Å². The summed E-state index contributed by atoms with van der Waals surface area (Å²) in [7, 11) is 1.52. The summed E-state index contributed by atoms with van der Waals surface area (Å²) in [6.07, 6.45) is 8.57. The van der Waals surface area contributed by atoms with Crippen LogP contribution in [0.2, 0.25) is 0 Å². The van der Waals surface area contributed by atoms with E-state index in [0.717, 1.165) is 25.7 Å². The quantitative estimate of drug-likeness (QED) is 0.373. The van der Waals surface area contributed by atoms with E-state index in [-0.39, 0.29) is 12.5 Å². The van der Waals surface area contributed by atoms with Crippen LogP contribution in [0.5, 0.6) is 0 Å². The molecular weight excluding hydrogens is 270 g/mol. The van der Waals surface area contributed by atoms with Gasteiger partial charge in [-0.05, 0) is 12.3 Å². The molecule has 1 unspecified atom stereocenters. The van der Waals surface area contributed by atoms with Gasteiger partial charge >= 0.3 is 12.1 Å². The maximum Gasteiger partial charge on any atom is 0.411 e. The molecule has 0 aromatic heterocycles. The number of hydrogen-bond acceptors (Lipinski definition) is 4. The molecule has 0 aliphatic heterocycles. The van der Waals surface area contributed by atoms with Crippen LogP contribution in [0.15, 0.2) is 0 Å². The predicted octanol–water partition coefficient (Wildman–Crippen LogP) is 2.84. The van der Waals surface area contributed by atoms with E-state index in [1.54, 1.807) is 0 Å². The molecule has 1 amide bonds. The molecule has 0 aromatic carbocycles. The number of hydrogen-bond donors (Lipinski definition) is 0. The molecule has 0 N–H and O–H groups in total. The summed E-state index contributed by atoms with van der Waals surface area (Å²) < 4.78 is 10.1. The summed E-state index contributed by atoms with van der Waals surface area (Å²) in [6.45, 7) is 6.11. The van der Waals surface area contributed by atoms with Gasteiger partial charge in [-0.25, -0.2) is 9.59 Å². The first-order chi connectivity index (χ1) is 9.95. The molecule has 0 spiro atoms. The Bertz CT molecular complexity index is 360. The lowest BCUT2D eigenvalue weighted by Crippen LogP contribution is -2.46. The van der Waals surface area contributed by atoms with Gasteiger partial charge in [0, 0.05) is 7.05 Å². The van der Waals surface area contributed by atoms with Gasteiger partial charge < -0.3 is 9.47 Å². The van der Waals surface area contributed by atoms with Gasteiger partial charge in [-0.15, -0.1) is 6.42 Å². The fourth-order valence-corrected chi connectivity index (χ4v) is 1.98. The first-order valence-corrected chi connectivity index (χ1v) is 7.45. The Labute approximate surface area is 128 Å². The number of ether oxygens (including phenoxy) is 2. The van der Waals surface area contributed by atoms with E-state index in [2.05, 4.69) is 12.8 Å². The third-order valence-corrected chi connectivity index (χ3v) is 3.10. The van der Waals surface area contributed by atoms with E-state index in [4.69, 9.17) is 15.9 Å². The Hall–Kier alpha value is -1.70. The molecule has 0 aromatic rings. The van der Waals surface area contributed by atoms with E-state index in [9.17, 15) is 9.59 Å². The molecule has 5 nitrogen and oxygen atoms in total. The number of terminal acetylenes is 1. The van der Waals surface area contributed by atoms with Crippen molar-refractivity contribution in [1.29, 1.82) is 0 Å². The Kier molecular flexibility index (Phi) is 10.1. The van der Waals surface area contributed by atoms with Gasteiger partial charge in [-0.2, -0.15) is 0 Å². The van der Waals surface area contributed by atoms with Crippen molar-refractivity contribution in [3.05, 3.63) is 0 Å². The lowest BCUT2D eigenvalue weighted by atomic mass is 10.0. The van der Waals surface area contributed by atoms with Crippen LogP contribution in [0.25, 0.3) is 0 Å². The number of carbonyl (C=O) groups is 2. The van der Waals surface area contributed by atoms with Crippen LogP contribution in [0.1, 0.15) is 46.5 Å². The normalized spacial score (nSPS) is 11.6. The Morgan fingerprint density at radius 2 is 1.86 bits per heavy atom. The van der Waals surface area contributed by atoms with Crippen LogP contribution < -0.4 is 0 Å². The van der Waals surface area contributed by atoms with Crippen molar-refractivity contribution in [3.63, 3.8) is 0 Å². The van der Waals surface area contributed by atoms with Crippen molar-refractivity contribution in [2.45, 2.75) is 52.5 Å². The van der Waals surface area contributed by atoms with Gasteiger partial charge in [-0.1, -0.05) is 46.0 Å². The van der Waals surface area contributed by atoms with Gasteiger partial charge in [0.2, 0.25) is 0 Å². The summed E-state index contributed by atoms with van der Waals surface area (Å²) in [5.74, 6) is 1.74. The highest BCUT2D eigenvalue weighted by Gasteiger charge is 2.31. The molecule has 120 valence electrons. The van der Waals surface area contributed by atoms with E-state index in [1.807, 2.05) is 13.8 Å². The average molecular weight is 297 g/mol. The zero-order valence-corrected chi connectivity index (χ0v) is 13.6. The second-order valence-electron chi connectivity index (χ2n) is 5.29. The van der Waals surface area contributed by atoms with Crippen molar-refractivity contribution in [2.24, 2.45) is 5.92 Å². The molecule has 1 atom stereocenters. The number of unbranched alkanes of at least 4 members (excludes halogenated alkanes) is 3. The minimum absolute atomic E-state index is 0.0727. The number of amides is 1. The summed E-state index contributed by atoms with van der Waals surface area (Å²) in [6, 6.07) is -0.665. The summed E-state index contributed by atoms with van der Waals surface area (Å²) in [5, 5.41) is 0. The zero-order valence-electron chi connectivity index (χ0n) is 13.6. The molecule has 0 bridgehead atoms. The van der Waals surface area contributed by atoms with Crippen molar-refractivity contribution in [3.8, 4) is 12.3 Å². The monoisotopic (exact) mass is 297 g/mol. The van der Waals surface area contributed by atoms with Gasteiger partial charge in [0.15, 0.2) is 6.61 Å². The second-order valence-corrected chi connectivity index (χ2v) is 5.29. The van der Waals surface area contributed by atoms with Gasteiger partial charge in [0.1, 0.15) is 6.04 Å². The average Bonchev–Trinajstić information content (AvgIpc) is 2.44. The maximum absolute atomic E-state index is 12.1. The molecule has 0 radical (unpaired) electrons. The topological polar surface area (TPSA) is 55.8 Å². The Morgan fingerprint density at radius 3 is 2.38 bits per heavy atom. The first-order valence-electron chi connectivity index (χ1n) is 7.45.